The van der Waals surface area contributed by atoms with E-state index < -0.39 is 46.2 Å². The molecule has 0 aromatic heterocycles. The van der Waals surface area contributed by atoms with Crippen LogP contribution < -0.4 is 9.80 Å². The van der Waals surface area contributed by atoms with E-state index in [1.807, 2.05) is 26.0 Å². The summed E-state index contributed by atoms with van der Waals surface area (Å²) in [5.41, 5.74) is 2.95. The summed E-state index contributed by atoms with van der Waals surface area (Å²) < 4.78 is 55.8. The third-order valence-corrected chi connectivity index (χ3v) is 8.91. The van der Waals surface area contributed by atoms with Crippen molar-refractivity contribution in [3.63, 3.8) is 0 Å². The van der Waals surface area contributed by atoms with Crippen molar-refractivity contribution < 1.29 is 26.8 Å². The van der Waals surface area contributed by atoms with Crippen molar-refractivity contribution in [2.75, 3.05) is 42.5 Å². The number of carbonyl (C=O) groups is 2. The maximum atomic E-state index is 14.9. The number of amides is 3. The van der Waals surface area contributed by atoms with Crippen LogP contribution in [0.15, 0.2) is 71.6 Å². The number of carbonyl (C=O) groups excluding carboxylic acids is 2. The quantitative estimate of drug-likeness (QED) is 0.478. The van der Waals surface area contributed by atoms with Crippen LogP contribution in [0.3, 0.4) is 0 Å². The zero-order chi connectivity index (χ0) is 27.9. The highest BCUT2D eigenvalue weighted by Crippen LogP contribution is 2.33. The van der Waals surface area contributed by atoms with Crippen molar-refractivity contribution in [1.29, 1.82) is 0 Å². The highest BCUT2D eigenvalue weighted by Gasteiger charge is 2.49. The van der Waals surface area contributed by atoms with Gasteiger partial charge in [-0.1, -0.05) is 30.3 Å². The molecule has 2 aliphatic rings. The standard InChI is InChI=1S/C28H28F2N4O4S/c1-19-8-9-20(2)25(16-19)31-12-14-32(15-13-31)27(35)26-18-33(39(37,38)22-6-4-3-5-7-22)28(36)34(26)24-11-10-21(29)17-23(24)30/h3-11,16-17,26H,12-15,18H2,1-2H3/t26-/m0/s1. The van der Waals surface area contributed by atoms with E-state index in [1.165, 1.54) is 24.3 Å². The molecule has 3 aromatic carbocycles. The lowest BCUT2D eigenvalue weighted by Crippen LogP contribution is -2.55. The molecule has 1 atom stereocenters. The van der Waals surface area contributed by atoms with Crippen LogP contribution in [0.5, 0.6) is 0 Å². The molecule has 2 saturated heterocycles. The SMILES string of the molecule is Cc1ccc(C)c(N2CCN(C(=O)[C@@H]3CN(S(=O)(=O)c4ccccc4)C(=O)N3c3ccc(F)cc3F)CC2)c1. The Bertz CT molecular complexity index is 1530. The Morgan fingerprint density at radius 3 is 2.23 bits per heavy atom. The van der Waals surface area contributed by atoms with Gasteiger partial charge in [0.25, 0.3) is 10.0 Å². The van der Waals surface area contributed by atoms with E-state index in [-0.39, 0.29) is 10.6 Å². The van der Waals surface area contributed by atoms with Gasteiger partial charge in [-0.25, -0.2) is 26.3 Å². The predicted octanol–water partition coefficient (Wildman–Crippen LogP) is 3.93. The van der Waals surface area contributed by atoms with Crippen LogP contribution in [0.2, 0.25) is 0 Å². The number of sulfonamides is 1. The summed E-state index contributed by atoms with van der Waals surface area (Å²) in [6.07, 6.45) is 0. The summed E-state index contributed by atoms with van der Waals surface area (Å²) in [5, 5.41) is 0. The van der Waals surface area contributed by atoms with E-state index in [4.69, 9.17) is 0 Å². The molecule has 0 saturated carbocycles. The fourth-order valence-corrected chi connectivity index (χ4v) is 6.45. The fourth-order valence-electron chi connectivity index (χ4n) is 5.07. The largest absolute Gasteiger partial charge is 0.368 e. The molecule has 8 nitrogen and oxygen atoms in total. The summed E-state index contributed by atoms with van der Waals surface area (Å²) in [4.78, 5) is 31.7. The molecule has 3 amide bonds. The van der Waals surface area contributed by atoms with Crippen LogP contribution in [-0.4, -0.2) is 68.3 Å². The maximum Gasteiger partial charge on any atom is 0.339 e. The second-order valence-electron chi connectivity index (χ2n) is 9.72. The monoisotopic (exact) mass is 554 g/mol. The third-order valence-electron chi connectivity index (χ3n) is 7.15. The number of benzene rings is 3. The van der Waals surface area contributed by atoms with Crippen LogP contribution in [0.1, 0.15) is 11.1 Å². The van der Waals surface area contributed by atoms with Crippen LogP contribution in [0.25, 0.3) is 0 Å². The van der Waals surface area contributed by atoms with Gasteiger partial charge in [0, 0.05) is 37.9 Å². The van der Waals surface area contributed by atoms with E-state index in [2.05, 4.69) is 11.0 Å². The van der Waals surface area contributed by atoms with Gasteiger partial charge in [0.15, 0.2) is 0 Å². The lowest BCUT2D eigenvalue weighted by Gasteiger charge is -2.38. The minimum atomic E-state index is -4.33. The van der Waals surface area contributed by atoms with Gasteiger partial charge in [-0.3, -0.25) is 9.69 Å². The Hall–Kier alpha value is -3.99. The molecule has 0 unspecified atom stereocenters. The van der Waals surface area contributed by atoms with Gasteiger partial charge >= 0.3 is 6.03 Å². The van der Waals surface area contributed by atoms with Crippen LogP contribution >= 0.6 is 0 Å². The van der Waals surface area contributed by atoms with Gasteiger partial charge in [0.05, 0.1) is 17.1 Å². The number of halogens is 2. The van der Waals surface area contributed by atoms with E-state index in [0.717, 1.165) is 33.8 Å². The molecule has 5 rings (SSSR count). The van der Waals surface area contributed by atoms with Crippen molar-refractivity contribution in [3.05, 3.63) is 89.5 Å². The van der Waals surface area contributed by atoms with E-state index in [0.29, 0.717) is 36.6 Å². The molecule has 0 aliphatic carbocycles. The topological polar surface area (TPSA) is 81.2 Å². The highest BCUT2D eigenvalue weighted by molar-refractivity contribution is 7.89. The number of aryl methyl sites for hydroxylation is 2. The summed E-state index contributed by atoms with van der Waals surface area (Å²) in [5.74, 6) is -2.43. The molecule has 39 heavy (non-hydrogen) atoms. The molecule has 0 spiro atoms. The average molecular weight is 555 g/mol. The Morgan fingerprint density at radius 2 is 1.56 bits per heavy atom. The summed E-state index contributed by atoms with van der Waals surface area (Å²) in [6.45, 7) is 5.28. The maximum absolute atomic E-state index is 14.9. The second kappa shape index (κ2) is 10.3. The first-order valence-corrected chi connectivity index (χ1v) is 14.0. The number of anilines is 2. The molecule has 11 heteroatoms. The first-order valence-electron chi connectivity index (χ1n) is 12.5. The Morgan fingerprint density at radius 1 is 0.872 bits per heavy atom. The van der Waals surface area contributed by atoms with Gasteiger partial charge < -0.3 is 9.80 Å². The number of hydrogen-bond acceptors (Lipinski definition) is 5. The van der Waals surface area contributed by atoms with Crippen molar-refractivity contribution in [2.24, 2.45) is 0 Å². The minimum Gasteiger partial charge on any atom is -0.368 e. The van der Waals surface area contributed by atoms with Crippen molar-refractivity contribution in [3.8, 4) is 0 Å². The first-order chi connectivity index (χ1) is 18.6. The number of hydrogen-bond donors (Lipinski definition) is 0. The first kappa shape index (κ1) is 26.6. The van der Waals surface area contributed by atoms with Gasteiger partial charge in [0.1, 0.15) is 17.7 Å². The van der Waals surface area contributed by atoms with Gasteiger partial charge in [-0.15, -0.1) is 0 Å². The molecule has 2 heterocycles. The molecule has 0 bridgehead atoms. The number of rotatable bonds is 5. The van der Waals surface area contributed by atoms with Gasteiger partial charge in [-0.2, -0.15) is 0 Å². The van der Waals surface area contributed by atoms with Crippen molar-refractivity contribution in [1.82, 2.24) is 9.21 Å². The lowest BCUT2D eigenvalue weighted by atomic mass is 10.1. The highest BCUT2D eigenvalue weighted by atomic mass is 32.2. The Kier molecular flexibility index (Phi) is 7.02. The third kappa shape index (κ3) is 4.94. The van der Waals surface area contributed by atoms with Crippen molar-refractivity contribution >= 4 is 33.3 Å². The summed E-state index contributed by atoms with van der Waals surface area (Å²) >= 11 is 0. The van der Waals surface area contributed by atoms with Gasteiger partial charge in [0.2, 0.25) is 5.91 Å². The second-order valence-corrected chi connectivity index (χ2v) is 11.6. The smallest absolute Gasteiger partial charge is 0.339 e. The molecule has 0 radical (unpaired) electrons. The number of piperazine rings is 1. The fraction of sp³-hybridized carbons (Fsp3) is 0.286. The van der Waals surface area contributed by atoms with E-state index in [9.17, 15) is 26.8 Å². The molecular formula is C28H28F2N4O4S. The normalized spacial score (nSPS) is 18.2. The summed E-state index contributed by atoms with van der Waals surface area (Å²) in [6, 6.07) is 13.7. The predicted molar refractivity (Wildman–Crippen MR) is 143 cm³/mol. The van der Waals surface area contributed by atoms with Crippen LogP contribution in [0.4, 0.5) is 25.0 Å². The minimum absolute atomic E-state index is 0.131. The van der Waals surface area contributed by atoms with E-state index in [1.54, 1.807) is 11.0 Å². The molecule has 2 fully saturated rings. The zero-order valence-corrected chi connectivity index (χ0v) is 22.4. The van der Waals surface area contributed by atoms with Crippen LogP contribution in [0, 0.1) is 25.5 Å². The Balaban J connectivity index is 1.44. The molecular weight excluding hydrogens is 526 g/mol. The van der Waals surface area contributed by atoms with E-state index >= 15 is 0 Å². The molecule has 0 N–H and O–H groups in total. The van der Waals surface area contributed by atoms with Crippen molar-refractivity contribution in [2.45, 2.75) is 24.8 Å². The zero-order valence-electron chi connectivity index (χ0n) is 21.5. The molecule has 3 aromatic rings. The number of nitrogens with zero attached hydrogens (tertiary/aromatic N) is 4. The Labute approximate surface area is 226 Å². The van der Waals surface area contributed by atoms with Gasteiger partial charge in [-0.05, 0) is 55.3 Å². The number of urea groups is 1. The summed E-state index contributed by atoms with van der Waals surface area (Å²) in [7, 11) is -4.33. The van der Waals surface area contributed by atoms with Crippen LogP contribution in [-0.2, 0) is 14.8 Å². The lowest BCUT2D eigenvalue weighted by molar-refractivity contribution is -0.132. The average Bonchev–Trinajstić information content (AvgIpc) is 3.27. The molecule has 2 aliphatic heterocycles. The molecule has 204 valence electrons.